The maximum Gasteiger partial charge on any atom is 0.302 e. The maximum atomic E-state index is 11.2. The number of hydrogen-bond acceptors (Lipinski definition) is 8. The minimum absolute atomic E-state index is 0.000813. The summed E-state index contributed by atoms with van der Waals surface area (Å²) in [4.78, 5) is 33.4. The van der Waals surface area contributed by atoms with Crippen LogP contribution in [0.2, 0.25) is 0 Å². The quantitative estimate of drug-likeness (QED) is 0.565. The Morgan fingerprint density at radius 2 is 1.49 bits per heavy atom. The monoisotopic (exact) mass is 530 g/mol. The highest BCUT2D eigenvalue weighted by molar-refractivity contribution is 5.73. The van der Waals surface area contributed by atoms with Crippen LogP contribution >= 0.6 is 0 Å². The zero-order chi connectivity index (χ0) is 27.4. The number of ether oxygens (including phenoxy) is 2. The number of allylic oxidation sites excluding steroid dienone is 2. The molecule has 1 N–H and O–H groups in total. The molecule has 0 bridgehead atoms. The van der Waals surface area contributed by atoms with Gasteiger partial charge in [-0.1, -0.05) is 24.3 Å². The normalized spacial score (nSPS) is 25.2. The van der Waals surface area contributed by atoms with Crippen LogP contribution in [-0.2, 0) is 31.9 Å². The number of pyridine rings is 2. The molecule has 0 saturated carbocycles. The molecule has 0 unspecified atom stereocenters. The standard InChI is InChI=1S/C16H20N2O2.C15H18N2O2/c1-11(19)20-16-7-9-18(2)15(16)10-12-5-6-14-13(12)4-3-8-17-14;1-10(18)19-15-6-8-17-14(15)9-11-4-5-13-12(11)3-2-7-16-13/h3-5,8,15-16H,6-7,9-10H2,1-2H3;2-4,7,14-15,17H,5-6,8-9H2,1H3/t15-,16+;14-,15+/m11/s1. The number of rotatable bonds is 6. The van der Waals surface area contributed by atoms with Crippen molar-refractivity contribution in [3.05, 3.63) is 71.3 Å². The number of likely N-dealkylation sites (tertiary alicyclic amines) is 1. The summed E-state index contributed by atoms with van der Waals surface area (Å²) in [6.07, 6.45) is 13.7. The van der Waals surface area contributed by atoms with Gasteiger partial charge in [-0.05, 0) is 73.7 Å². The Morgan fingerprint density at radius 1 is 0.897 bits per heavy atom. The van der Waals surface area contributed by atoms with Crippen LogP contribution in [0.1, 0.15) is 62.0 Å². The average molecular weight is 531 g/mol. The van der Waals surface area contributed by atoms with Gasteiger partial charge in [0.2, 0.25) is 0 Å². The second-order valence-electron chi connectivity index (χ2n) is 10.8. The third kappa shape index (κ3) is 6.45. The number of nitrogens with zero attached hydrogens (tertiary/aromatic N) is 3. The largest absolute Gasteiger partial charge is 0.461 e. The Labute approximate surface area is 230 Å². The number of aromatic nitrogens is 2. The van der Waals surface area contributed by atoms with Gasteiger partial charge in [-0.3, -0.25) is 24.5 Å². The fourth-order valence-corrected chi connectivity index (χ4v) is 6.21. The number of carbonyl (C=O) groups is 2. The molecule has 4 heterocycles. The molecule has 2 fully saturated rings. The zero-order valence-corrected chi connectivity index (χ0v) is 23.1. The molecule has 206 valence electrons. The van der Waals surface area contributed by atoms with Crippen molar-refractivity contribution in [3.8, 4) is 0 Å². The van der Waals surface area contributed by atoms with Crippen molar-refractivity contribution in [2.45, 2.75) is 76.7 Å². The lowest BCUT2D eigenvalue weighted by Gasteiger charge is -2.25. The Hall–Kier alpha value is -3.36. The molecule has 0 radical (unpaired) electrons. The molecule has 4 aliphatic rings. The van der Waals surface area contributed by atoms with Crippen LogP contribution in [0.3, 0.4) is 0 Å². The van der Waals surface area contributed by atoms with Gasteiger partial charge in [-0.15, -0.1) is 0 Å². The van der Waals surface area contributed by atoms with Gasteiger partial charge in [-0.2, -0.15) is 0 Å². The Bertz CT molecular complexity index is 1270. The molecule has 0 aromatic carbocycles. The van der Waals surface area contributed by atoms with Crippen LogP contribution in [0.4, 0.5) is 0 Å². The van der Waals surface area contributed by atoms with Crippen LogP contribution in [0.15, 0.2) is 48.8 Å². The number of hydrogen-bond donors (Lipinski definition) is 1. The highest BCUT2D eigenvalue weighted by Crippen LogP contribution is 2.34. The molecule has 8 nitrogen and oxygen atoms in total. The van der Waals surface area contributed by atoms with Gasteiger partial charge in [0.1, 0.15) is 12.2 Å². The van der Waals surface area contributed by atoms with E-state index in [1.165, 1.54) is 36.1 Å². The fourth-order valence-electron chi connectivity index (χ4n) is 6.21. The lowest BCUT2D eigenvalue weighted by molar-refractivity contribution is -0.148. The van der Waals surface area contributed by atoms with Gasteiger partial charge in [0.25, 0.3) is 0 Å². The average Bonchev–Trinajstić information content (AvgIpc) is 3.70. The predicted octanol–water partition coefficient (Wildman–Crippen LogP) is 3.75. The van der Waals surface area contributed by atoms with E-state index in [9.17, 15) is 9.59 Å². The van der Waals surface area contributed by atoms with Gasteiger partial charge in [0, 0.05) is 51.7 Å². The molecule has 2 aliphatic carbocycles. The van der Waals surface area contributed by atoms with E-state index in [0.717, 1.165) is 63.0 Å². The third-order valence-electron chi connectivity index (χ3n) is 8.11. The topological polar surface area (TPSA) is 93.7 Å². The zero-order valence-electron chi connectivity index (χ0n) is 23.1. The van der Waals surface area contributed by atoms with Crippen LogP contribution in [-0.4, -0.2) is 71.2 Å². The first kappa shape index (κ1) is 27.2. The van der Waals surface area contributed by atoms with E-state index in [1.807, 2.05) is 24.5 Å². The Morgan fingerprint density at radius 3 is 2.10 bits per heavy atom. The van der Waals surface area contributed by atoms with E-state index in [0.29, 0.717) is 0 Å². The van der Waals surface area contributed by atoms with Crippen molar-refractivity contribution < 1.29 is 19.1 Å². The van der Waals surface area contributed by atoms with Gasteiger partial charge in [-0.25, -0.2) is 0 Å². The van der Waals surface area contributed by atoms with Crippen molar-refractivity contribution >= 4 is 23.1 Å². The molecular weight excluding hydrogens is 492 g/mol. The van der Waals surface area contributed by atoms with Gasteiger partial charge in [0.05, 0.1) is 17.4 Å². The van der Waals surface area contributed by atoms with E-state index >= 15 is 0 Å². The Kier molecular flexibility index (Phi) is 8.53. The van der Waals surface area contributed by atoms with Gasteiger partial charge < -0.3 is 14.8 Å². The molecule has 0 amide bonds. The molecule has 8 heteroatoms. The van der Waals surface area contributed by atoms with Crippen molar-refractivity contribution in [1.29, 1.82) is 0 Å². The van der Waals surface area contributed by atoms with Crippen molar-refractivity contribution in [1.82, 2.24) is 20.2 Å². The van der Waals surface area contributed by atoms with E-state index in [1.54, 1.807) is 0 Å². The van der Waals surface area contributed by atoms with Gasteiger partial charge >= 0.3 is 11.9 Å². The summed E-state index contributed by atoms with van der Waals surface area (Å²) in [5.41, 5.74) is 7.47. The molecule has 39 heavy (non-hydrogen) atoms. The van der Waals surface area contributed by atoms with Crippen molar-refractivity contribution in [2.75, 3.05) is 20.1 Å². The fraction of sp³-hybridized carbons (Fsp3) is 0.484. The van der Waals surface area contributed by atoms with E-state index in [-0.39, 0.29) is 36.2 Å². The number of esters is 2. The van der Waals surface area contributed by atoms with Crippen LogP contribution in [0, 0.1) is 0 Å². The summed E-state index contributed by atoms with van der Waals surface area (Å²) in [6.45, 7) is 4.86. The van der Waals surface area contributed by atoms with Gasteiger partial charge in [0.15, 0.2) is 0 Å². The molecule has 4 atom stereocenters. The first-order chi connectivity index (χ1) is 18.9. The molecule has 2 saturated heterocycles. The minimum Gasteiger partial charge on any atom is -0.461 e. The Balaban J connectivity index is 0.000000158. The third-order valence-corrected chi connectivity index (χ3v) is 8.11. The van der Waals surface area contributed by atoms with Crippen LogP contribution in [0.25, 0.3) is 11.1 Å². The molecule has 2 aromatic heterocycles. The summed E-state index contributed by atoms with van der Waals surface area (Å²) in [5.74, 6) is -0.376. The predicted molar refractivity (Wildman–Crippen MR) is 150 cm³/mol. The molecule has 0 spiro atoms. The first-order valence-electron chi connectivity index (χ1n) is 13.9. The summed E-state index contributed by atoms with van der Waals surface area (Å²) in [7, 11) is 2.10. The number of likely N-dealkylation sites (N-methyl/N-ethyl adjacent to an activating group) is 1. The molecule has 6 rings (SSSR count). The smallest absolute Gasteiger partial charge is 0.302 e. The van der Waals surface area contributed by atoms with E-state index in [4.69, 9.17) is 9.47 Å². The SMILES string of the molecule is CC(=O)O[C@H]1CCN(C)[C@@H]1CC1=CCc2ncccc21.CC(=O)O[C@H]1CCN[C@@H]1CC1=CCc2ncccc21. The second kappa shape index (κ2) is 12.2. The highest BCUT2D eigenvalue weighted by Gasteiger charge is 2.35. The number of nitrogens with one attached hydrogen (secondary N) is 1. The van der Waals surface area contributed by atoms with Crippen LogP contribution < -0.4 is 5.32 Å². The van der Waals surface area contributed by atoms with E-state index in [2.05, 4.69) is 51.5 Å². The summed E-state index contributed by atoms with van der Waals surface area (Å²) < 4.78 is 10.8. The summed E-state index contributed by atoms with van der Waals surface area (Å²) >= 11 is 0. The second-order valence-corrected chi connectivity index (χ2v) is 10.8. The van der Waals surface area contributed by atoms with E-state index < -0.39 is 0 Å². The van der Waals surface area contributed by atoms with Crippen LogP contribution in [0.5, 0.6) is 0 Å². The minimum atomic E-state index is -0.193. The summed E-state index contributed by atoms with van der Waals surface area (Å²) in [5, 5.41) is 3.43. The molecule has 2 aliphatic heterocycles. The first-order valence-corrected chi connectivity index (χ1v) is 13.9. The molecular formula is C31H38N4O4. The number of fused-ring (bicyclic) bond motifs is 2. The lowest BCUT2D eigenvalue weighted by Crippen LogP contribution is -2.34. The number of carbonyl (C=O) groups excluding carboxylic acids is 2. The molecule has 2 aromatic rings. The van der Waals surface area contributed by atoms with Crippen molar-refractivity contribution in [2.24, 2.45) is 0 Å². The lowest BCUT2D eigenvalue weighted by atomic mass is 9.98. The van der Waals surface area contributed by atoms with Crippen molar-refractivity contribution in [3.63, 3.8) is 0 Å². The summed E-state index contributed by atoms with van der Waals surface area (Å²) in [6, 6.07) is 8.72. The maximum absolute atomic E-state index is 11.2. The highest BCUT2D eigenvalue weighted by atomic mass is 16.5.